The maximum Gasteiger partial charge on any atom is 0.229 e. The van der Waals surface area contributed by atoms with E-state index in [4.69, 9.17) is 9.47 Å². The van der Waals surface area contributed by atoms with E-state index in [1.807, 2.05) is 0 Å². The zero-order valence-corrected chi connectivity index (χ0v) is 13.9. The lowest BCUT2D eigenvalue weighted by atomic mass is 9.97. The molecule has 0 aromatic rings. The van der Waals surface area contributed by atoms with E-state index in [1.54, 1.807) is 14.2 Å². The highest BCUT2D eigenvalue weighted by molar-refractivity contribution is 4.76. The topological polar surface area (TPSA) is 30.5 Å². The van der Waals surface area contributed by atoms with E-state index in [0.717, 1.165) is 6.42 Å². The van der Waals surface area contributed by atoms with Gasteiger partial charge in [-0.05, 0) is 20.3 Å². The molecule has 0 aliphatic carbocycles. The van der Waals surface area contributed by atoms with Gasteiger partial charge in [-0.3, -0.25) is 5.32 Å². The van der Waals surface area contributed by atoms with Gasteiger partial charge in [0.2, 0.25) is 5.91 Å². The van der Waals surface area contributed by atoms with Crippen molar-refractivity contribution in [3.63, 3.8) is 0 Å². The molecule has 0 amide bonds. The summed E-state index contributed by atoms with van der Waals surface area (Å²) in [5, 5.41) is 3.41. The van der Waals surface area contributed by atoms with E-state index >= 15 is 0 Å². The van der Waals surface area contributed by atoms with Crippen LogP contribution < -0.4 is 5.32 Å². The van der Waals surface area contributed by atoms with E-state index in [2.05, 4.69) is 33.0 Å². The Balaban J connectivity index is 4.07. The summed E-state index contributed by atoms with van der Waals surface area (Å²) in [6.07, 6.45) is 9.10. The number of ether oxygens (including phenoxy) is 2. The van der Waals surface area contributed by atoms with Gasteiger partial charge in [0.05, 0.1) is 0 Å². The average Bonchev–Trinajstić information content (AvgIpc) is 2.39. The number of hydrogen-bond donors (Lipinski definition) is 1. The standard InChI is InChI=1S/C16H35NO2/c1-7-8-9-10-11-12-13-15(4)16(18-5,19-6)17-14(2)3/h14-15,17H,7-13H2,1-6H3. The Bertz CT molecular complexity index is 203. The summed E-state index contributed by atoms with van der Waals surface area (Å²) < 4.78 is 11.2. The summed E-state index contributed by atoms with van der Waals surface area (Å²) in [6.45, 7) is 8.69. The minimum absolute atomic E-state index is 0.340. The lowest BCUT2D eigenvalue weighted by Crippen LogP contribution is -2.56. The van der Waals surface area contributed by atoms with Crippen LogP contribution in [0.1, 0.15) is 72.6 Å². The third-order valence-electron chi connectivity index (χ3n) is 3.74. The highest BCUT2D eigenvalue weighted by atomic mass is 16.7. The van der Waals surface area contributed by atoms with E-state index in [-0.39, 0.29) is 0 Å². The molecular weight excluding hydrogens is 238 g/mol. The second kappa shape index (κ2) is 10.6. The van der Waals surface area contributed by atoms with Gasteiger partial charge in [0.25, 0.3) is 0 Å². The molecule has 0 saturated heterocycles. The molecule has 19 heavy (non-hydrogen) atoms. The second-order valence-corrected chi connectivity index (χ2v) is 5.83. The molecule has 1 unspecified atom stereocenters. The molecule has 0 aliphatic heterocycles. The van der Waals surface area contributed by atoms with Gasteiger partial charge in [-0.25, -0.2) is 0 Å². The Morgan fingerprint density at radius 3 is 1.89 bits per heavy atom. The number of rotatable bonds is 12. The van der Waals surface area contributed by atoms with Gasteiger partial charge in [-0.15, -0.1) is 0 Å². The van der Waals surface area contributed by atoms with Crippen LogP contribution in [0.15, 0.2) is 0 Å². The monoisotopic (exact) mass is 273 g/mol. The lowest BCUT2D eigenvalue weighted by Gasteiger charge is -2.38. The van der Waals surface area contributed by atoms with E-state index < -0.39 is 5.91 Å². The van der Waals surface area contributed by atoms with Crippen LogP contribution in [-0.2, 0) is 9.47 Å². The van der Waals surface area contributed by atoms with Crippen LogP contribution in [0.25, 0.3) is 0 Å². The molecule has 0 aliphatic rings. The van der Waals surface area contributed by atoms with Crippen molar-refractivity contribution >= 4 is 0 Å². The maximum atomic E-state index is 5.62. The van der Waals surface area contributed by atoms with Gasteiger partial charge < -0.3 is 9.47 Å². The summed E-state index contributed by atoms with van der Waals surface area (Å²) in [7, 11) is 3.44. The molecule has 0 spiro atoms. The van der Waals surface area contributed by atoms with Gasteiger partial charge in [-0.2, -0.15) is 0 Å². The van der Waals surface area contributed by atoms with Crippen molar-refractivity contribution in [2.75, 3.05) is 14.2 Å². The van der Waals surface area contributed by atoms with Crippen molar-refractivity contribution in [1.82, 2.24) is 5.32 Å². The maximum absolute atomic E-state index is 5.62. The smallest absolute Gasteiger partial charge is 0.229 e. The van der Waals surface area contributed by atoms with Crippen molar-refractivity contribution in [3.05, 3.63) is 0 Å². The molecule has 0 bridgehead atoms. The molecule has 116 valence electrons. The van der Waals surface area contributed by atoms with Crippen molar-refractivity contribution in [2.24, 2.45) is 5.92 Å². The van der Waals surface area contributed by atoms with Gasteiger partial charge >= 0.3 is 0 Å². The first-order valence-electron chi connectivity index (χ1n) is 7.90. The minimum Gasteiger partial charge on any atom is -0.341 e. The Kier molecular flexibility index (Phi) is 10.6. The first-order valence-corrected chi connectivity index (χ1v) is 7.90. The summed E-state index contributed by atoms with van der Waals surface area (Å²) in [6, 6.07) is 0.340. The molecule has 1 N–H and O–H groups in total. The fourth-order valence-corrected chi connectivity index (χ4v) is 2.57. The van der Waals surface area contributed by atoms with Gasteiger partial charge in [-0.1, -0.05) is 52.4 Å². The fourth-order valence-electron chi connectivity index (χ4n) is 2.57. The Hall–Kier alpha value is -0.120. The van der Waals surface area contributed by atoms with Crippen LogP contribution in [-0.4, -0.2) is 26.2 Å². The summed E-state index contributed by atoms with van der Waals surface area (Å²) in [5.41, 5.74) is 0. The lowest BCUT2D eigenvalue weighted by molar-refractivity contribution is -0.261. The number of nitrogens with one attached hydrogen (secondary N) is 1. The van der Waals surface area contributed by atoms with Crippen LogP contribution >= 0.6 is 0 Å². The molecule has 3 heteroatoms. The summed E-state index contributed by atoms with van der Waals surface area (Å²) in [5.74, 6) is -0.298. The minimum atomic E-state index is -0.641. The zero-order valence-electron chi connectivity index (χ0n) is 13.9. The summed E-state index contributed by atoms with van der Waals surface area (Å²) in [4.78, 5) is 0. The SMILES string of the molecule is CCCCCCCCC(C)C(NC(C)C)(OC)OC. The number of unbranched alkanes of at least 4 members (excludes halogenated alkanes) is 5. The van der Waals surface area contributed by atoms with Gasteiger partial charge in [0.1, 0.15) is 0 Å². The molecular formula is C16H35NO2. The largest absolute Gasteiger partial charge is 0.341 e. The Morgan fingerprint density at radius 2 is 1.42 bits per heavy atom. The third kappa shape index (κ3) is 7.28. The van der Waals surface area contributed by atoms with Crippen LogP contribution in [0.4, 0.5) is 0 Å². The van der Waals surface area contributed by atoms with E-state index in [9.17, 15) is 0 Å². The second-order valence-electron chi connectivity index (χ2n) is 5.83. The molecule has 0 saturated carbocycles. The predicted octanol–water partition coefficient (Wildman–Crippen LogP) is 4.32. The van der Waals surface area contributed by atoms with Crippen LogP contribution in [0.2, 0.25) is 0 Å². The van der Waals surface area contributed by atoms with Crippen LogP contribution in [0, 0.1) is 5.92 Å². The van der Waals surface area contributed by atoms with E-state index in [1.165, 1.54) is 38.5 Å². The molecule has 0 aromatic heterocycles. The molecule has 3 nitrogen and oxygen atoms in total. The summed E-state index contributed by atoms with van der Waals surface area (Å²) >= 11 is 0. The molecule has 1 atom stereocenters. The van der Waals surface area contributed by atoms with Crippen molar-refractivity contribution in [1.29, 1.82) is 0 Å². The molecule has 0 rings (SSSR count). The average molecular weight is 273 g/mol. The van der Waals surface area contributed by atoms with Crippen LogP contribution in [0.5, 0.6) is 0 Å². The van der Waals surface area contributed by atoms with Crippen LogP contribution in [0.3, 0.4) is 0 Å². The first-order chi connectivity index (χ1) is 9.02. The molecule has 0 fully saturated rings. The van der Waals surface area contributed by atoms with Gasteiger partial charge in [0, 0.05) is 26.2 Å². The molecule has 0 radical (unpaired) electrons. The highest BCUT2D eigenvalue weighted by Crippen LogP contribution is 2.25. The van der Waals surface area contributed by atoms with Crippen molar-refractivity contribution in [2.45, 2.75) is 84.6 Å². The normalized spacial score (nSPS) is 14.1. The van der Waals surface area contributed by atoms with Gasteiger partial charge in [0.15, 0.2) is 0 Å². The van der Waals surface area contributed by atoms with Crippen molar-refractivity contribution in [3.8, 4) is 0 Å². The third-order valence-corrected chi connectivity index (χ3v) is 3.74. The molecule has 0 heterocycles. The quantitative estimate of drug-likeness (QED) is 0.424. The molecule has 0 aromatic carbocycles. The van der Waals surface area contributed by atoms with E-state index in [0.29, 0.717) is 12.0 Å². The number of hydrogen-bond acceptors (Lipinski definition) is 3. The van der Waals surface area contributed by atoms with Crippen molar-refractivity contribution < 1.29 is 9.47 Å². The fraction of sp³-hybridized carbons (Fsp3) is 1.00. The Labute approximate surface area is 120 Å². The predicted molar refractivity (Wildman–Crippen MR) is 82.2 cm³/mol. The zero-order chi connectivity index (χ0) is 14.7. The highest BCUT2D eigenvalue weighted by Gasteiger charge is 2.36. The number of methoxy groups -OCH3 is 2. The Morgan fingerprint density at radius 1 is 0.895 bits per heavy atom. The first kappa shape index (κ1) is 18.9.